The molecule has 0 saturated heterocycles. The molecule has 0 atom stereocenters. The van der Waals surface area contributed by atoms with Crippen molar-refractivity contribution in [2.24, 2.45) is 4.99 Å². The summed E-state index contributed by atoms with van der Waals surface area (Å²) >= 11 is 3.55. The Labute approximate surface area is 191 Å². The number of aryl methyl sites for hydroxylation is 2. The summed E-state index contributed by atoms with van der Waals surface area (Å²) in [5, 5.41) is 9.91. The number of nitrogens with one attached hydrogen (secondary N) is 2. The molecule has 0 fully saturated rings. The van der Waals surface area contributed by atoms with Crippen LogP contribution in [-0.2, 0) is 30.6 Å². The van der Waals surface area contributed by atoms with E-state index in [2.05, 4.69) is 27.1 Å². The molecule has 0 aromatic carbocycles. The van der Waals surface area contributed by atoms with Crippen LogP contribution in [-0.4, -0.2) is 48.9 Å². The van der Waals surface area contributed by atoms with Gasteiger partial charge in [0.15, 0.2) is 5.96 Å². The SMILES string of the molecule is CN(C)C(=O)CN=C(NCCc1nc2c(s1)CCCC2)NCc1cccs1.I. The Balaban J connectivity index is 0.00000280. The normalized spacial score (nSPS) is 13.4. The number of hydrogen-bond donors (Lipinski definition) is 2. The zero-order chi connectivity index (χ0) is 19.1. The van der Waals surface area contributed by atoms with Crippen LogP contribution in [0.2, 0.25) is 0 Å². The Morgan fingerprint density at radius 2 is 2.11 bits per heavy atom. The van der Waals surface area contributed by atoms with E-state index in [9.17, 15) is 4.79 Å². The first-order chi connectivity index (χ1) is 13.1. The zero-order valence-electron chi connectivity index (χ0n) is 16.4. The number of nitrogens with zero attached hydrogens (tertiary/aromatic N) is 3. The summed E-state index contributed by atoms with van der Waals surface area (Å²) in [4.78, 5) is 25.3. The number of likely N-dealkylation sites (N-methyl/N-ethyl adjacent to an activating group) is 1. The van der Waals surface area contributed by atoms with Gasteiger partial charge < -0.3 is 15.5 Å². The summed E-state index contributed by atoms with van der Waals surface area (Å²) in [5.74, 6) is 0.653. The summed E-state index contributed by atoms with van der Waals surface area (Å²) < 4.78 is 0. The lowest BCUT2D eigenvalue weighted by Gasteiger charge is -2.13. The Morgan fingerprint density at radius 1 is 1.29 bits per heavy atom. The van der Waals surface area contributed by atoms with Gasteiger partial charge in [-0.1, -0.05) is 6.07 Å². The van der Waals surface area contributed by atoms with E-state index < -0.39 is 0 Å². The summed E-state index contributed by atoms with van der Waals surface area (Å²) in [5.41, 5.74) is 1.31. The van der Waals surface area contributed by atoms with Crippen molar-refractivity contribution >= 4 is 58.5 Å². The van der Waals surface area contributed by atoms with E-state index in [0.717, 1.165) is 19.4 Å². The average molecular weight is 534 g/mol. The van der Waals surface area contributed by atoms with Gasteiger partial charge in [0.1, 0.15) is 6.54 Å². The van der Waals surface area contributed by atoms with E-state index in [-0.39, 0.29) is 36.4 Å². The van der Waals surface area contributed by atoms with Crippen molar-refractivity contribution in [1.29, 1.82) is 0 Å². The van der Waals surface area contributed by atoms with Crippen molar-refractivity contribution in [3.8, 4) is 0 Å². The molecule has 2 aromatic heterocycles. The van der Waals surface area contributed by atoms with E-state index in [1.165, 1.54) is 39.7 Å². The lowest BCUT2D eigenvalue weighted by molar-refractivity contribution is -0.127. The molecule has 3 rings (SSSR count). The highest BCUT2D eigenvalue weighted by molar-refractivity contribution is 14.0. The summed E-state index contributed by atoms with van der Waals surface area (Å²) in [6.45, 7) is 1.59. The second kappa shape index (κ2) is 11.7. The van der Waals surface area contributed by atoms with Crippen LogP contribution >= 0.6 is 46.7 Å². The van der Waals surface area contributed by atoms with Crippen LogP contribution < -0.4 is 10.6 Å². The molecule has 0 unspecified atom stereocenters. The molecule has 2 heterocycles. The zero-order valence-corrected chi connectivity index (χ0v) is 20.3. The molecule has 1 amide bonds. The Kier molecular flexibility index (Phi) is 9.66. The van der Waals surface area contributed by atoms with Gasteiger partial charge in [0.25, 0.3) is 0 Å². The maximum atomic E-state index is 11.8. The quantitative estimate of drug-likeness (QED) is 0.326. The number of rotatable bonds is 7. The van der Waals surface area contributed by atoms with Gasteiger partial charge in [0, 0.05) is 36.8 Å². The number of amides is 1. The second-order valence-corrected chi connectivity index (χ2v) is 8.95. The predicted molar refractivity (Wildman–Crippen MR) is 128 cm³/mol. The first kappa shape index (κ1) is 23.1. The van der Waals surface area contributed by atoms with Crippen molar-refractivity contribution in [2.75, 3.05) is 27.2 Å². The number of thiophene rings is 1. The van der Waals surface area contributed by atoms with Gasteiger partial charge in [0.2, 0.25) is 5.91 Å². The second-order valence-electron chi connectivity index (χ2n) is 6.75. The molecule has 2 N–H and O–H groups in total. The number of halogens is 1. The summed E-state index contributed by atoms with van der Waals surface area (Å²) in [6.07, 6.45) is 5.73. The van der Waals surface area contributed by atoms with Crippen LogP contribution in [0.15, 0.2) is 22.5 Å². The van der Waals surface area contributed by atoms with Crippen molar-refractivity contribution in [1.82, 2.24) is 20.5 Å². The first-order valence-electron chi connectivity index (χ1n) is 9.34. The van der Waals surface area contributed by atoms with Crippen LogP contribution in [0, 0.1) is 0 Å². The summed E-state index contributed by atoms with van der Waals surface area (Å²) in [7, 11) is 3.49. The molecule has 1 aliphatic rings. The van der Waals surface area contributed by atoms with Crippen LogP contribution in [0.25, 0.3) is 0 Å². The first-order valence-corrected chi connectivity index (χ1v) is 11.0. The molecule has 2 aromatic rings. The minimum Gasteiger partial charge on any atom is -0.356 e. The number of aliphatic imine (C=N–C) groups is 1. The molecule has 28 heavy (non-hydrogen) atoms. The Hall–Kier alpha value is -1.20. The van der Waals surface area contributed by atoms with Crippen molar-refractivity contribution < 1.29 is 4.79 Å². The maximum Gasteiger partial charge on any atom is 0.243 e. The molecular formula is C19H28IN5OS2. The van der Waals surface area contributed by atoms with Crippen LogP contribution in [0.4, 0.5) is 0 Å². The fraction of sp³-hybridized carbons (Fsp3) is 0.526. The standard InChI is InChI=1S/C19H27N5OS2.HI/c1-24(2)18(25)13-22-19(21-12-14-6-5-11-26-14)20-10-9-17-23-15-7-3-4-8-16(15)27-17;/h5-6,11H,3-4,7-10,12-13H2,1-2H3,(H2,20,21,22);1H. The molecule has 0 radical (unpaired) electrons. The Bertz CT molecular complexity index is 750. The van der Waals surface area contributed by atoms with Crippen LogP contribution in [0.5, 0.6) is 0 Å². The van der Waals surface area contributed by atoms with Gasteiger partial charge in [-0.15, -0.1) is 46.7 Å². The molecule has 154 valence electrons. The third kappa shape index (κ3) is 7.00. The van der Waals surface area contributed by atoms with E-state index in [4.69, 9.17) is 4.98 Å². The smallest absolute Gasteiger partial charge is 0.243 e. The average Bonchev–Trinajstić information content (AvgIpc) is 3.32. The molecule has 1 aliphatic carbocycles. The monoisotopic (exact) mass is 533 g/mol. The van der Waals surface area contributed by atoms with Gasteiger partial charge in [-0.3, -0.25) is 4.79 Å². The topological polar surface area (TPSA) is 69.6 Å². The van der Waals surface area contributed by atoms with Gasteiger partial charge in [-0.25, -0.2) is 9.98 Å². The number of carbonyl (C=O) groups is 1. The molecule has 0 spiro atoms. The highest BCUT2D eigenvalue weighted by Crippen LogP contribution is 2.26. The highest BCUT2D eigenvalue weighted by Gasteiger charge is 2.15. The fourth-order valence-electron chi connectivity index (χ4n) is 2.85. The van der Waals surface area contributed by atoms with E-state index >= 15 is 0 Å². The fourth-order valence-corrected chi connectivity index (χ4v) is 4.65. The van der Waals surface area contributed by atoms with E-state index in [1.54, 1.807) is 30.3 Å². The number of guanidine groups is 1. The van der Waals surface area contributed by atoms with Crippen molar-refractivity contribution in [3.63, 3.8) is 0 Å². The number of fused-ring (bicyclic) bond motifs is 1. The molecule has 0 bridgehead atoms. The van der Waals surface area contributed by atoms with Gasteiger partial charge in [-0.05, 0) is 37.1 Å². The van der Waals surface area contributed by atoms with E-state index in [0.29, 0.717) is 12.5 Å². The van der Waals surface area contributed by atoms with Crippen molar-refractivity contribution in [3.05, 3.63) is 38.0 Å². The number of hydrogen-bond acceptors (Lipinski definition) is 5. The lowest BCUT2D eigenvalue weighted by atomic mass is 10.0. The lowest BCUT2D eigenvalue weighted by Crippen LogP contribution is -2.39. The van der Waals surface area contributed by atoms with Crippen LogP contribution in [0.1, 0.15) is 33.3 Å². The maximum absolute atomic E-state index is 11.8. The largest absolute Gasteiger partial charge is 0.356 e. The third-order valence-corrected chi connectivity index (χ3v) is 6.50. The minimum absolute atomic E-state index is 0. The minimum atomic E-state index is -0.0141. The number of thiazole rings is 1. The highest BCUT2D eigenvalue weighted by atomic mass is 127. The summed E-state index contributed by atoms with van der Waals surface area (Å²) in [6, 6.07) is 4.12. The number of carbonyl (C=O) groups excluding carboxylic acids is 1. The molecule has 6 nitrogen and oxygen atoms in total. The molecule has 0 aliphatic heterocycles. The van der Waals surface area contributed by atoms with Gasteiger partial charge >= 0.3 is 0 Å². The predicted octanol–water partition coefficient (Wildman–Crippen LogP) is 3.07. The Morgan fingerprint density at radius 3 is 2.82 bits per heavy atom. The van der Waals surface area contributed by atoms with Gasteiger partial charge in [0.05, 0.1) is 17.2 Å². The van der Waals surface area contributed by atoms with Crippen molar-refractivity contribution in [2.45, 2.75) is 38.6 Å². The van der Waals surface area contributed by atoms with Crippen LogP contribution in [0.3, 0.4) is 0 Å². The molecule has 9 heteroatoms. The number of aromatic nitrogens is 1. The van der Waals surface area contributed by atoms with E-state index in [1.807, 2.05) is 17.4 Å². The van der Waals surface area contributed by atoms with Gasteiger partial charge in [-0.2, -0.15) is 0 Å². The molecule has 0 saturated carbocycles. The third-order valence-electron chi connectivity index (χ3n) is 4.40. The molecular weight excluding hydrogens is 505 g/mol.